The Kier molecular flexibility index (Phi) is 7.00. The van der Waals surface area contributed by atoms with E-state index in [1.807, 2.05) is 36.4 Å². The Balaban J connectivity index is 1.40. The minimum atomic E-state index is 0.0514. The van der Waals surface area contributed by atoms with Crippen molar-refractivity contribution in [3.05, 3.63) is 163 Å². The summed E-state index contributed by atoms with van der Waals surface area (Å²) in [6, 6.07) is 54.2. The van der Waals surface area contributed by atoms with Crippen LogP contribution in [0.5, 0.6) is 0 Å². The van der Waals surface area contributed by atoms with Crippen molar-refractivity contribution in [2.45, 2.75) is 51.4 Å². The maximum Gasteiger partial charge on any atom is 0.238 e. The molecule has 0 N–H and O–H groups in total. The zero-order chi connectivity index (χ0) is 37.8. The van der Waals surface area contributed by atoms with Gasteiger partial charge < -0.3 is 4.57 Å². The molecular formula is C51H41N5. The van der Waals surface area contributed by atoms with E-state index in [-0.39, 0.29) is 10.8 Å². The van der Waals surface area contributed by atoms with Crippen LogP contribution in [0.4, 0.5) is 0 Å². The molecule has 5 heteroatoms. The summed E-state index contributed by atoms with van der Waals surface area (Å²) in [5.74, 6) is 1.86. The van der Waals surface area contributed by atoms with Crippen LogP contribution in [0.25, 0.3) is 88.8 Å². The van der Waals surface area contributed by atoms with E-state index in [1.165, 1.54) is 43.6 Å². The SMILES string of the molecule is CC1(C)CCC(C)(C)c2cc3c(cc21)c1c2ccccc2c2c4ccccc4n(-c4nc(-c5ccccc5)nc(-c5ccccc5)n4)c2c1n3-c1ccccc1. The van der Waals surface area contributed by atoms with E-state index in [9.17, 15) is 0 Å². The quantitative estimate of drug-likeness (QED) is 0.182. The first-order valence-electron chi connectivity index (χ1n) is 19.7. The zero-order valence-corrected chi connectivity index (χ0v) is 32.1. The highest BCUT2D eigenvalue weighted by Gasteiger charge is 2.38. The first kappa shape index (κ1) is 32.8. The number of hydrogen-bond acceptors (Lipinski definition) is 3. The predicted octanol–water partition coefficient (Wildman–Crippen LogP) is 12.9. The predicted molar refractivity (Wildman–Crippen MR) is 232 cm³/mol. The van der Waals surface area contributed by atoms with Gasteiger partial charge in [0.1, 0.15) is 0 Å². The van der Waals surface area contributed by atoms with Crippen molar-refractivity contribution in [3.8, 4) is 34.4 Å². The first-order chi connectivity index (χ1) is 27.3. The molecule has 0 unspecified atom stereocenters. The molecule has 56 heavy (non-hydrogen) atoms. The fourth-order valence-corrected chi connectivity index (χ4v) is 9.45. The minimum absolute atomic E-state index is 0.0514. The van der Waals surface area contributed by atoms with Crippen LogP contribution in [0.15, 0.2) is 152 Å². The molecule has 0 amide bonds. The Hall–Kier alpha value is -6.59. The van der Waals surface area contributed by atoms with Crippen molar-refractivity contribution in [2.75, 3.05) is 0 Å². The Labute approximate surface area is 325 Å². The summed E-state index contributed by atoms with van der Waals surface area (Å²) in [5, 5.41) is 7.34. The van der Waals surface area contributed by atoms with E-state index in [2.05, 4.69) is 152 Å². The molecule has 270 valence electrons. The molecule has 0 aliphatic heterocycles. The van der Waals surface area contributed by atoms with Crippen LogP contribution in [0, 0.1) is 0 Å². The molecule has 0 radical (unpaired) electrons. The van der Waals surface area contributed by atoms with Gasteiger partial charge in [0.15, 0.2) is 11.6 Å². The van der Waals surface area contributed by atoms with Crippen LogP contribution in [0.2, 0.25) is 0 Å². The van der Waals surface area contributed by atoms with Gasteiger partial charge in [0, 0.05) is 38.4 Å². The van der Waals surface area contributed by atoms with Crippen molar-refractivity contribution in [3.63, 3.8) is 0 Å². The monoisotopic (exact) mass is 723 g/mol. The molecule has 0 spiro atoms. The van der Waals surface area contributed by atoms with Crippen molar-refractivity contribution in [1.29, 1.82) is 0 Å². The molecule has 0 saturated carbocycles. The lowest BCUT2D eigenvalue weighted by atomic mass is 9.63. The Morgan fingerprint density at radius 3 is 1.48 bits per heavy atom. The summed E-state index contributed by atoms with van der Waals surface area (Å²) in [7, 11) is 0. The molecule has 3 heterocycles. The fourth-order valence-electron chi connectivity index (χ4n) is 9.45. The smallest absolute Gasteiger partial charge is 0.238 e. The minimum Gasteiger partial charge on any atom is -0.307 e. The maximum absolute atomic E-state index is 5.35. The van der Waals surface area contributed by atoms with Crippen LogP contribution in [-0.2, 0) is 10.8 Å². The van der Waals surface area contributed by atoms with Crippen LogP contribution in [-0.4, -0.2) is 24.1 Å². The lowest BCUT2D eigenvalue weighted by molar-refractivity contribution is 0.332. The highest BCUT2D eigenvalue weighted by molar-refractivity contribution is 6.36. The van der Waals surface area contributed by atoms with E-state index < -0.39 is 0 Å². The number of fused-ring (bicyclic) bond motifs is 11. The first-order valence-corrected chi connectivity index (χ1v) is 19.7. The number of rotatable bonds is 4. The van der Waals surface area contributed by atoms with E-state index >= 15 is 0 Å². The van der Waals surface area contributed by atoms with E-state index in [0.29, 0.717) is 17.6 Å². The normalized spacial score (nSPS) is 14.9. The second-order valence-electron chi connectivity index (χ2n) is 16.7. The molecule has 0 bridgehead atoms. The number of aromatic nitrogens is 5. The second-order valence-corrected chi connectivity index (χ2v) is 16.7. The molecule has 0 atom stereocenters. The van der Waals surface area contributed by atoms with Gasteiger partial charge in [0.2, 0.25) is 5.95 Å². The maximum atomic E-state index is 5.35. The Morgan fingerprint density at radius 1 is 0.429 bits per heavy atom. The van der Waals surface area contributed by atoms with Gasteiger partial charge >= 0.3 is 0 Å². The molecule has 5 nitrogen and oxygen atoms in total. The summed E-state index contributed by atoms with van der Waals surface area (Å²) < 4.78 is 4.83. The molecule has 1 aliphatic carbocycles. The number of para-hydroxylation sites is 2. The molecule has 10 aromatic rings. The van der Waals surface area contributed by atoms with E-state index in [1.54, 1.807) is 0 Å². The lowest BCUT2D eigenvalue weighted by Gasteiger charge is -2.42. The molecular weight excluding hydrogens is 683 g/mol. The summed E-state index contributed by atoms with van der Waals surface area (Å²) in [6.07, 6.45) is 2.31. The number of nitrogens with zero attached hydrogens (tertiary/aromatic N) is 5. The summed E-state index contributed by atoms with van der Waals surface area (Å²) in [4.78, 5) is 15.8. The van der Waals surface area contributed by atoms with E-state index in [4.69, 9.17) is 15.0 Å². The van der Waals surface area contributed by atoms with Gasteiger partial charge in [0.25, 0.3) is 0 Å². The highest BCUT2D eigenvalue weighted by Crippen LogP contribution is 2.51. The van der Waals surface area contributed by atoms with E-state index in [0.717, 1.165) is 51.6 Å². The van der Waals surface area contributed by atoms with Crippen LogP contribution < -0.4 is 0 Å². The molecule has 1 aliphatic rings. The van der Waals surface area contributed by atoms with Crippen LogP contribution in [0.3, 0.4) is 0 Å². The summed E-state index contributed by atoms with van der Waals surface area (Å²) >= 11 is 0. The average Bonchev–Trinajstić information content (AvgIpc) is 3.77. The second kappa shape index (κ2) is 12.0. The van der Waals surface area contributed by atoms with Crippen molar-refractivity contribution in [1.82, 2.24) is 24.1 Å². The molecule has 0 saturated heterocycles. The van der Waals surface area contributed by atoms with Gasteiger partial charge in [-0.2, -0.15) is 9.97 Å². The van der Waals surface area contributed by atoms with Gasteiger partial charge in [-0.25, -0.2) is 4.98 Å². The Bertz CT molecular complexity index is 3110. The van der Waals surface area contributed by atoms with Crippen LogP contribution in [0.1, 0.15) is 51.7 Å². The number of benzene rings is 7. The number of hydrogen-bond donors (Lipinski definition) is 0. The molecule has 0 fully saturated rings. The fraction of sp³-hybridized carbons (Fsp3) is 0.157. The van der Waals surface area contributed by atoms with Crippen molar-refractivity contribution >= 4 is 54.4 Å². The third-order valence-corrected chi connectivity index (χ3v) is 12.4. The topological polar surface area (TPSA) is 48.5 Å². The van der Waals surface area contributed by atoms with Crippen molar-refractivity contribution in [2.24, 2.45) is 0 Å². The van der Waals surface area contributed by atoms with Gasteiger partial charge in [0.05, 0.1) is 22.1 Å². The summed E-state index contributed by atoms with van der Waals surface area (Å²) in [6.45, 7) is 9.69. The average molecular weight is 724 g/mol. The molecule has 11 rings (SSSR count). The lowest BCUT2D eigenvalue weighted by Crippen LogP contribution is -2.33. The highest BCUT2D eigenvalue weighted by atomic mass is 15.2. The van der Waals surface area contributed by atoms with Gasteiger partial charge in [-0.15, -0.1) is 0 Å². The molecule has 7 aromatic carbocycles. The van der Waals surface area contributed by atoms with Gasteiger partial charge in [-0.1, -0.05) is 149 Å². The standard InChI is InChI=1S/C51H41N5/c1-50(2)28-29-51(3,4)40-31-42-38(30-39(40)50)44-36-25-15-14-24-35(36)43-37-26-16-17-27-41(37)56(46(43)45(44)55(42)34-22-12-7-13-23-34)49-53-47(32-18-8-5-9-19-32)52-48(54-49)33-20-10-6-11-21-33/h5-27,30-31H,28-29H2,1-4H3. The largest absolute Gasteiger partial charge is 0.307 e. The summed E-state index contributed by atoms with van der Waals surface area (Å²) in [5.41, 5.74) is 10.5. The van der Waals surface area contributed by atoms with Gasteiger partial charge in [-0.3, -0.25) is 4.57 Å². The Morgan fingerprint density at radius 2 is 0.893 bits per heavy atom. The molecule has 3 aromatic heterocycles. The van der Waals surface area contributed by atoms with Crippen molar-refractivity contribution < 1.29 is 0 Å². The van der Waals surface area contributed by atoms with Gasteiger partial charge in [-0.05, 0) is 75.9 Å². The third-order valence-electron chi connectivity index (χ3n) is 12.4. The zero-order valence-electron chi connectivity index (χ0n) is 32.1. The van der Waals surface area contributed by atoms with Crippen LogP contribution >= 0.6 is 0 Å². The third kappa shape index (κ3) is 4.76.